The second-order valence-electron chi connectivity index (χ2n) is 26.0. The van der Waals surface area contributed by atoms with E-state index in [0.717, 1.165) is 105 Å². The number of nitrogens with zero attached hydrogens (tertiary/aromatic N) is 3. The molecule has 4 aliphatic rings. The van der Waals surface area contributed by atoms with Crippen molar-refractivity contribution in [2.45, 2.75) is 109 Å². The number of rotatable bonds is 24. The summed E-state index contributed by atoms with van der Waals surface area (Å²) in [6.45, 7) is 10.4. The van der Waals surface area contributed by atoms with Gasteiger partial charge < -0.3 is 65.4 Å². The number of methoxy groups -OCH3 is 1. The maximum Gasteiger partial charge on any atom is 1.00 e. The Morgan fingerprint density at radius 1 is 0.455 bits per heavy atom. The molecule has 8 aromatic carbocycles. The van der Waals surface area contributed by atoms with E-state index in [9.17, 15) is 71.1 Å². The SMILES string of the molecule is CB(O)N1CCC(c2ccc(S(=O)(=O)c3cccc(F)c3)cc2)C1.CB(O)N1CCC(c2ccc(S(=O)(=O)c3cccc(F)c3)cc2OCCO)C1.COC(=O)COc1cc(S(=O)(=O)c2cccc(F)c2)ccc1C1CCN(B(C)O)C1.Cl.O=S(=O)(c1cccc(F)c1)c1ccc(C2CCNC2)c(OCCO)c1.[B].[H-].[Li+]. The fraction of sp³-hybridized carbons (Fsp3) is 0.338. The van der Waals surface area contributed by atoms with Crippen molar-refractivity contribution in [2.75, 3.05) is 92.5 Å². The molecule has 36 heteroatoms. The van der Waals surface area contributed by atoms with Crippen LogP contribution in [0.3, 0.4) is 0 Å². The Balaban J connectivity index is 0.000000262. The molecule has 0 saturated carbocycles. The molecule has 6 N–H and O–H groups in total. The van der Waals surface area contributed by atoms with E-state index in [2.05, 4.69) is 10.1 Å². The van der Waals surface area contributed by atoms with Gasteiger partial charge in [0.05, 0.1) is 59.5 Å². The predicted molar refractivity (Wildman–Crippen MR) is 408 cm³/mol. The monoisotopic (exact) mass is 1610 g/mol. The molecule has 4 unspecified atom stereocenters. The van der Waals surface area contributed by atoms with Gasteiger partial charge in [-0.15, -0.1) is 12.4 Å². The van der Waals surface area contributed by atoms with Crippen molar-refractivity contribution in [2.24, 2.45) is 0 Å². The van der Waals surface area contributed by atoms with Crippen LogP contribution in [0.2, 0.25) is 20.5 Å². The molecule has 4 atom stereocenters. The molecule has 4 aliphatic heterocycles. The number of sulfone groups is 4. The summed E-state index contributed by atoms with van der Waals surface area (Å²) in [6, 6.07) is 40.1. The van der Waals surface area contributed by atoms with E-state index in [1.165, 1.54) is 116 Å². The van der Waals surface area contributed by atoms with E-state index < -0.39 is 89.7 Å². The first-order valence-corrected chi connectivity index (χ1v) is 40.6. The minimum absolute atomic E-state index is 0. The number of hydrogen-bond acceptors (Lipinski definition) is 22. The fourth-order valence-electron chi connectivity index (χ4n) is 13.0. The molecule has 110 heavy (non-hydrogen) atoms. The smallest absolute Gasteiger partial charge is 1.00 e. The van der Waals surface area contributed by atoms with Crippen molar-refractivity contribution in [1.29, 1.82) is 0 Å². The molecule has 0 amide bonds. The van der Waals surface area contributed by atoms with E-state index in [1.807, 2.05) is 26.6 Å². The quantitative estimate of drug-likeness (QED) is 0.0234. The Labute approximate surface area is 663 Å². The standard InChI is InChI=1S/C20H23BFNO6S.C19H23BFNO5S.C18H20FNO4S.C17H19BFNO3S.B.ClH.Li.H/c1-21(25)23-9-8-14(12-23)18-7-6-17(11-19(18)29-13-20(24)28-2)30(26,27)16-5-3-4-15(22)10-16;1-20(24)22-8-7-14(13-22)18-6-5-17(12-19(18)27-10-9-23)28(25,26)16-4-2-3-15(21)11-16;19-14-2-1-3-15(10-14)25(22,23)16-4-5-17(13-6-7-20-12-13)18(11-16)24-9-8-21;1-18(21)20-10-9-14(12-20)13-5-7-16(8-6-13)24(22,23)17-4-2-3-15(19)11-17;;;;/h3-7,10-11,14,25H,8-9,12-13H2,1-2H3;2-6,11-12,14,23-24H,7-10,13H2,1H3;1-5,10-11,13,20-21H,6-9,12H2;2-8,11,14,21H,9-10,12H2,1H3;;1H;;/q;;;;;;+1;-1. The van der Waals surface area contributed by atoms with E-state index in [4.69, 9.17) is 24.4 Å². The molecule has 4 heterocycles. The number of aliphatic hydroxyl groups is 2. The van der Waals surface area contributed by atoms with Crippen molar-refractivity contribution in [3.8, 4) is 17.2 Å². The number of aliphatic hydroxyl groups excluding tert-OH is 2. The molecule has 0 bridgehead atoms. The summed E-state index contributed by atoms with van der Waals surface area (Å²) in [6.07, 6.45) is 3.41. The molecule has 12 rings (SSSR count). The summed E-state index contributed by atoms with van der Waals surface area (Å²) in [5.41, 5.74) is 3.53. The van der Waals surface area contributed by atoms with Crippen LogP contribution in [0.1, 0.15) is 73.0 Å². The summed E-state index contributed by atoms with van der Waals surface area (Å²) < 4.78 is 177. The minimum atomic E-state index is -3.98. The second kappa shape index (κ2) is 41.6. The Morgan fingerprint density at radius 2 is 0.764 bits per heavy atom. The van der Waals surface area contributed by atoms with Crippen molar-refractivity contribution in [1.82, 2.24) is 19.7 Å². The van der Waals surface area contributed by atoms with E-state index in [0.29, 0.717) is 31.1 Å². The van der Waals surface area contributed by atoms with Crippen molar-refractivity contribution in [3.05, 3.63) is 221 Å². The van der Waals surface area contributed by atoms with Gasteiger partial charge in [0.1, 0.15) is 53.7 Å². The van der Waals surface area contributed by atoms with Crippen LogP contribution in [0, 0.1) is 23.3 Å². The normalized spacial score (nSPS) is 17.2. The topological polar surface area (TPSA) is 313 Å². The number of carbonyl (C=O) groups is 1. The summed E-state index contributed by atoms with van der Waals surface area (Å²) in [7, 11) is -15.8. The number of ether oxygens (including phenoxy) is 4. The van der Waals surface area contributed by atoms with E-state index in [-0.39, 0.29) is 143 Å². The van der Waals surface area contributed by atoms with E-state index >= 15 is 0 Å². The maximum atomic E-state index is 13.5. The van der Waals surface area contributed by atoms with Crippen LogP contribution in [-0.4, -0.2) is 201 Å². The average Bonchev–Trinajstić information content (AvgIpc) is 1.67. The molecule has 3 radical (unpaired) electrons. The molecule has 4 saturated heterocycles. The van der Waals surface area contributed by atoms with Gasteiger partial charge in [-0.1, -0.05) is 54.6 Å². The number of carbonyl (C=O) groups excluding carboxylic acids is 1. The van der Waals surface area contributed by atoms with Crippen LogP contribution in [0.5, 0.6) is 17.2 Å². The molecule has 4 fully saturated rings. The van der Waals surface area contributed by atoms with Gasteiger partial charge in [0.2, 0.25) is 39.3 Å². The zero-order valence-corrected chi connectivity index (χ0v) is 65.4. The number of hydrogen-bond donors (Lipinski definition) is 6. The van der Waals surface area contributed by atoms with Crippen LogP contribution in [0.15, 0.2) is 215 Å². The third-order valence-electron chi connectivity index (χ3n) is 18.9. The van der Waals surface area contributed by atoms with E-state index in [1.54, 1.807) is 50.8 Å². The van der Waals surface area contributed by atoms with Gasteiger partial charge in [0.25, 0.3) is 0 Å². The summed E-state index contributed by atoms with van der Waals surface area (Å²) >= 11 is 0. The van der Waals surface area contributed by atoms with Crippen LogP contribution in [0.25, 0.3) is 0 Å². The fourth-order valence-corrected chi connectivity index (χ4v) is 18.2. The molecule has 8 aromatic rings. The predicted octanol–water partition coefficient (Wildman–Crippen LogP) is 5.86. The Bertz CT molecular complexity index is 4870. The van der Waals surface area contributed by atoms with Gasteiger partial charge >= 0.3 is 46.0 Å². The molecular formula is C74H87B4ClF4LiN4O18S4. The number of nitrogens with one attached hydrogen (secondary N) is 1. The molecule has 0 aliphatic carbocycles. The zero-order chi connectivity index (χ0) is 77.4. The molecule has 0 aromatic heterocycles. The van der Waals surface area contributed by atoms with Crippen LogP contribution >= 0.6 is 12.4 Å². The average molecular weight is 1610 g/mol. The van der Waals surface area contributed by atoms with Crippen LogP contribution < -0.4 is 38.4 Å². The van der Waals surface area contributed by atoms with Gasteiger partial charge in [-0.3, -0.25) is 0 Å². The van der Waals surface area contributed by atoms with Gasteiger partial charge in [0.15, 0.2) is 6.61 Å². The zero-order valence-electron chi connectivity index (χ0n) is 62.3. The minimum Gasteiger partial charge on any atom is -1.00 e. The van der Waals surface area contributed by atoms with Crippen LogP contribution in [-0.2, 0) is 48.9 Å². The summed E-state index contributed by atoms with van der Waals surface area (Å²) in [5, 5.41) is 50.6. The Kier molecular flexibility index (Phi) is 34.8. The molecule has 22 nitrogen and oxygen atoms in total. The molecule has 583 valence electrons. The van der Waals surface area contributed by atoms with Crippen molar-refractivity contribution in [3.63, 3.8) is 0 Å². The number of benzene rings is 8. The number of halogens is 5. The summed E-state index contributed by atoms with van der Waals surface area (Å²) in [5.74, 6) is -1.39. The van der Waals surface area contributed by atoms with Gasteiger partial charge in [-0.05, 0) is 241 Å². The number of esters is 1. The summed E-state index contributed by atoms with van der Waals surface area (Å²) in [4.78, 5) is 17.0. The maximum absolute atomic E-state index is 13.5. The first kappa shape index (κ1) is 91.8. The third kappa shape index (κ3) is 23.5. The first-order valence-electron chi connectivity index (χ1n) is 34.6. The van der Waals surface area contributed by atoms with Gasteiger partial charge in [-0.2, -0.15) is 0 Å². The Hall–Kier alpha value is -7.06. The van der Waals surface area contributed by atoms with Crippen LogP contribution in [0.4, 0.5) is 17.6 Å². The molecular weight excluding hydrogens is 1520 g/mol. The Morgan fingerprint density at radius 3 is 1.07 bits per heavy atom. The van der Waals surface area contributed by atoms with Gasteiger partial charge in [0, 0.05) is 32.7 Å². The largest absolute Gasteiger partial charge is 1.00 e. The van der Waals surface area contributed by atoms with Crippen molar-refractivity contribution < 1.29 is 121 Å². The first-order chi connectivity index (χ1) is 50.9. The van der Waals surface area contributed by atoms with Crippen molar-refractivity contribution >= 4 is 87.3 Å². The molecule has 0 spiro atoms. The van der Waals surface area contributed by atoms with Gasteiger partial charge in [-0.25, -0.2) is 56.0 Å². The second-order valence-corrected chi connectivity index (χ2v) is 33.8. The third-order valence-corrected chi connectivity index (χ3v) is 25.9.